The molecule has 9 heteroatoms. The van der Waals surface area contributed by atoms with E-state index in [2.05, 4.69) is 14.9 Å². The number of thiophene rings is 1. The van der Waals surface area contributed by atoms with E-state index in [1.54, 1.807) is 43.5 Å². The smallest absolute Gasteiger partial charge is 0.250 e. The maximum Gasteiger partial charge on any atom is 0.250 e. The van der Waals surface area contributed by atoms with Crippen LogP contribution in [-0.4, -0.2) is 25.7 Å². The van der Waals surface area contributed by atoms with Crippen LogP contribution >= 0.6 is 11.3 Å². The summed E-state index contributed by atoms with van der Waals surface area (Å²) >= 11 is 1.20. The third-order valence-electron chi connectivity index (χ3n) is 3.18. The molecule has 0 aliphatic heterocycles. The maximum atomic E-state index is 12.2. The molecule has 0 radical (unpaired) electrons. The van der Waals surface area contributed by atoms with Crippen molar-refractivity contribution in [1.29, 1.82) is 0 Å². The average molecular weight is 365 g/mol. The van der Waals surface area contributed by atoms with Crippen LogP contribution in [0.3, 0.4) is 0 Å². The minimum Gasteiger partial charge on any atom is -0.497 e. The average Bonchev–Trinajstić information content (AvgIpc) is 3.22. The molecule has 0 atom stereocenters. The van der Waals surface area contributed by atoms with Gasteiger partial charge >= 0.3 is 0 Å². The van der Waals surface area contributed by atoms with E-state index in [9.17, 15) is 8.42 Å². The van der Waals surface area contributed by atoms with Crippen LogP contribution < -0.4 is 9.46 Å². The number of methoxy groups -OCH3 is 1. The van der Waals surface area contributed by atoms with Crippen LogP contribution in [0.25, 0.3) is 11.5 Å². The van der Waals surface area contributed by atoms with Gasteiger partial charge in [-0.25, -0.2) is 13.1 Å². The van der Waals surface area contributed by atoms with Gasteiger partial charge in [-0.2, -0.15) is 0 Å². The van der Waals surface area contributed by atoms with Gasteiger partial charge in [0.1, 0.15) is 9.96 Å². The molecule has 0 bridgehead atoms. The lowest BCUT2D eigenvalue weighted by molar-refractivity contribution is 0.414. The van der Waals surface area contributed by atoms with E-state index >= 15 is 0 Å². The normalized spacial score (nSPS) is 11.6. The Balaban J connectivity index is 1.72. The number of sulfonamides is 1. The lowest BCUT2D eigenvalue weighted by atomic mass is 10.2. The van der Waals surface area contributed by atoms with Crippen molar-refractivity contribution in [2.45, 2.75) is 17.7 Å². The van der Waals surface area contributed by atoms with Gasteiger partial charge in [0.2, 0.25) is 11.8 Å². The molecule has 0 amide bonds. The van der Waals surface area contributed by atoms with Crippen LogP contribution in [-0.2, 0) is 16.6 Å². The zero-order chi connectivity index (χ0) is 17.2. The molecule has 0 aliphatic rings. The molecule has 2 heterocycles. The molecule has 0 spiro atoms. The molecule has 7 nitrogen and oxygen atoms in total. The zero-order valence-corrected chi connectivity index (χ0v) is 14.6. The van der Waals surface area contributed by atoms with Crippen LogP contribution in [0.4, 0.5) is 0 Å². The van der Waals surface area contributed by atoms with E-state index in [0.29, 0.717) is 17.2 Å². The first-order valence-electron chi connectivity index (χ1n) is 7.01. The molecule has 0 unspecified atom stereocenters. The Hall–Kier alpha value is -2.23. The zero-order valence-electron chi connectivity index (χ0n) is 13.0. The van der Waals surface area contributed by atoms with Crippen molar-refractivity contribution in [2.75, 3.05) is 7.11 Å². The van der Waals surface area contributed by atoms with Gasteiger partial charge in [-0.1, -0.05) is 6.07 Å². The summed E-state index contributed by atoms with van der Waals surface area (Å²) in [5.41, 5.74) is 0.699. The summed E-state index contributed by atoms with van der Waals surface area (Å²) < 4.78 is 37.7. The van der Waals surface area contributed by atoms with Gasteiger partial charge in [-0.15, -0.1) is 21.5 Å². The molecule has 3 aromatic rings. The molecule has 24 heavy (non-hydrogen) atoms. The minimum absolute atomic E-state index is 0.0732. The predicted octanol–water partition coefficient (Wildman–Crippen LogP) is 2.59. The second-order valence-electron chi connectivity index (χ2n) is 4.92. The molecular formula is C15H15N3O4S2. The Bertz CT molecular complexity index is 947. The Morgan fingerprint density at radius 3 is 2.79 bits per heavy atom. The van der Waals surface area contributed by atoms with Crippen LogP contribution in [0.2, 0.25) is 0 Å². The standard InChI is InChI=1S/C15H15N3O4S2/c1-10-6-7-14(23-10)24(19,20)16-9-13-17-18-15(22-13)11-4-3-5-12(8-11)21-2/h3-8,16H,9H2,1-2H3. The molecule has 1 N–H and O–H groups in total. The summed E-state index contributed by atoms with van der Waals surface area (Å²) in [6.45, 7) is 1.78. The molecule has 0 saturated carbocycles. The Kier molecular flexibility index (Phi) is 4.65. The monoisotopic (exact) mass is 365 g/mol. The van der Waals surface area contributed by atoms with Crippen molar-refractivity contribution in [3.8, 4) is 17.2 Å². The highest BCUT2D eigenvalue weighted by Gasteiger charge is 2.18. The van der Waals surface area contributed by atoms with E-state index in [-0.39, 0.29) is 16.6 Å². The van der Waals surface area contributed by atoms with E-state index in [0.717, 1.165) is 4.88 Å². The maximum absolute atomic E-state index is 12.2. The molecule has 0 aliphatic carbocycles. The topological polar surface area (TPSA) is 94.3 Å². The fraction of sp³-hybridized carbons (Fsp3) is 0.200. The van der Waals surface area contributed by atoms with Crippen molar-refractivity contribution >= 4 is 21.4 Å². The second kappa shape index (κ2) is 6.71. The van der Waals surface area contributed by atoms with E-state index in [4.69, 9.17) is 9.15 Å². The third-order valence-corrected chi connectivity index (χ3v) is 6.07. The fourth-order valence-electron chi connectivity index (χ4n) is 1.98. The van der Waals surface area contributed by atoms with Crippen LogP contribution in [0, 0.1) is 6.92 Å². The highest BCUT2D eigenvalue weighted by Crippen LogP contribution is 2.23. The Morgan fingerprint density at radius 1 is 1.25 bits per heavy atom. The number of aromatic nitrogens is 2. The highest BCUT2D eigenvalue weighted by molar-refractivity contribution is 7.91. The SMILES string of the molecule is COc1cccc(-c2nnc(CNS(=O)(=O)c3ccc(C)s3)o2)c1. The number of nitrogens with zero attached hydrogens (tertiary/aromatic N) is 2. The quantitative estimate of drug-likeness (QED) is 0.721. The van der Waals surface area contributed by atoms with E-state index < -0.39 is 10.0 Å². The Labute approximate surface area is 143 Å². The van der Waals surface area contributed by atoms with Gasteiger partial charge in [0, 0.05) is 10.4 Å². The van der Waals surface area contributed by atoms with Gasteiger partial charge in [0.25, 0.3) is 10.0 Å². The van der Waals surface area contributed by atoms with Gasteiger partial charge in [-0.05, 0) is 37.3 Å². The van der Waals surface area contributed by atoms with Crippen molar-refractivity contribution in [2.24, 2.45) is 0 Å². The number of rotatable bonds is 6. The van der Waals surface area contributed by atoms with Crippen molar-refractivity contribution in [3.63, 3.8) is 0 Å². The molecule has 3 rings (SSSR count). The molecular weight excluding hydrogens is 350 g/mol. The lowest BCUT2D eigenvalue weighted by Gasteiger charge is -2.01. The number of hydrogen-bond donors (Lipinski definition) is 1. The minimum atomic E-state index is -3.58. The first-order chi connectivity index (χ1) is 11.5. The molecule has 126 valence electrons. The van der Waals surface area contributed by atoms with Crippen LogP contribution in [0.5, 0.6) is 5.75 Å². The molecule has 2 aromatic heterocycles. The first-order valence-corrected chi connectivity index (χ1v) is 9.31. The lowest BCUT2D eigenvalue weighted by Crippen LogP contribution is -2.22. The predicted molar refractivity (Wildman–Crippen MR) is 89.4 cm³/mol. The number of benzene rings is 1. The molecule has 1 aromatic carbocycles. The van der Waals surface area contributed by atoms with E-state index in [1.807, 2.05) is 6.92 Å². The van der Waals surface area contributed by atoms with Crippen molar-refractivity contribution < 1.29 is 17.6 Å². The van der Waals surface area contributed by atoms with Crippen LogP contribution in [0.1, 0.15) is 10.8 Å². The van der Waals surface area contributed by atoms with Gasteiger partial charge < -0.3 is 9.15 Å². The second-order valence-corrected chi connectivity index (χ2v) is 8.20. The van der Waals surface area contributed by atoms with Gasteiger partial charge in [0.05, 0.1) is 13.7 Å². The Morgan fingerprint density at radius 2 is 2.08 bits per heavy atom. The first kappa shape index (κ1) is 16.6. The molecule has 0 fully saturated rings. The highest BCUT2D eigenvalue weighted by atomic mass is 32.2. The summed E-state index contributed by atoms with van der Waals surface area (Å²) in [5, 5.41) is 7.80. The van der Waals surface area contributed by atoms with Crippen LogP contribution in [0.15, 0.2) is 45.0 Å². The number of ether oxygens (including phenoxy) is 1. The number of aryl methyl sites for hydroxylation is 1. The summed E-state index contributed by atoms with van der Waals surface area (Å²) in [4.78, 5) is 0.925. The summed E-state index contributed by atoms with van der Waals surface area (Å²) in [7, 11) is -2.01. The third kappa shape index (κ3) is 3.64. The number of hydrogen-bond acceptors (Lipinski definition) is 7. The van der Waals surface area contributed by atoms with Crippen molar-refractivity contribution in [1.82, 2.24) is 14.9 Å². The largest absolute Gasteiger partial charge is 0.497 e. The van der Waals surface area contributed by atoms with Gasteiger partial charge in [0.15, 0.2) is 0 Å². The van der Waals surface area contributed by atoms with Crippen molar-refractivity contribution in [3.05, 3.63) is 47.2 Å². The summed E-state index contributed by atoms with van der Waals surface area (Å²) in [6.07, 6.45) is 0. The van der Waals surface area contributed by atoms with Gasteiger partial charge in [-0.3, -0.25) is 0 Å². The molecule has 0 saturated heterocycles. The summed E-state index contributed by atoms with van der Waals surface area (Å²) in [6, 6.07) is 10.5. The number of nitrogens with one attached hydrogen (secondary N) is 1. The van der Waals surface area contributed by atoms with E-state index in [1.165, 1.54) is 11.3 Å². The fourth-order valence-corrected chi connectivity index (χ4v) is 4.28. The summed E-state index contributed by atoms with van der Waals surface area (Å²) in [5.74, 6) is 1.15.